The van der Waals surface area contributed by atoms with Gasteiger partial charge in [0, 0.05) is 30.0 Å². The zero-order chi connectivity index (χ0) is 19.6. The molecule has 0 amide bonds. The second-order valence-electron chi connectivity index (χ2n) is 9.08. The summed E-state index contributed by atoms with van der Waals surface area (Å²) in [6.07, 6.45) is 0.488. The average molecular weight is 445 g/mol. The minimum atomic E-state index is -1.50. The molecular weight excluding hydrogens is 410 g/mol. The zero-order valence-electron chi connectivity index (χ0n) is 18.2. The molecule has 0 aliphatic carbocycles. The van der Waals surface area contributed by atoms with Crippen LogP contribution in [0.1, 0.15) is 57.5 Å². The number of rotatable bonds is 5. The van der Waals surface area contributed by atoms with E-state index >= 15 is 0 Å². The maximum absolute atomic E-state index is 13.4. The molecule has 2 nitrogen and oxygen atoms in total. The number of carbonyl (C=O) groups excluding carboxylic acids is 1. The summed E-state index contributed by atoms with van der Waals surface area (Å²) in [6, 6.07) is 18.6. The van der Waals surface area contributed by atoms with Gasteiger partial charge in [-0.2, -0.15) is 0 Å². The summed E-state index contributed by atoms with van der Waals surface area (Å²) in [5, 5.41) is 11.9. The van der Waals surface area contributed by atoms with Gasteiger partial charge >= 0.3 is 0 Å². The van der Waals surface area contributed by atoms with E-state index in [1.807, 2.05) is 48.5 Å². The molecule has 0 saturated heterocycles. The summed E-state index contributed by atoms with van der Waals surface area (Å²) in [6.45, 7) is 13.4. The van der Waals surface area contributed by atoms with Gasteiger partial charge in [0.25, 0.3) is 0 Å². The number of carbonyl (C=O) groups is 1. The second kappa shape index (κ2) is 10.2. The molecule has 0 bridgehead atoms. The molecule has 0 heterocycles. The quantitative estimate of drug-likeness (QED) is 0.265. The molecule has 2 aromatic rings. The number of Topliss-reactive ketones (excluding diaryl/α,β-unsaturated/α-hetero) is 1. The van der Waals surface area contributed by atoms with Crippen molar-refractivity contribution in [2.24, 2.45) is 0 Å². The number of hydrogen-bond donors (Lipinski definition) is 1. The van der Waals surface area contributed by atoms with Gasteiger partial charge in [-0.15, -0.1) is 0 Å². The van der Waals surface area contributed by atoms with Crippen LogP contribution in [0.4, 0.5) is 0 Å². The number of hydrogen-bond acceptors (Lipinski definition) is 2. The van der Waals surface area contributed by atoms with Crippen LogP contribution < -0.4 is 0 Å². The van der Waals surface area contributed by atoms with Gasteiger partial charge in [-0.1, -0.05) is 60.7 Å². The molecule has 0 radical (unpaired) electrons. The largest absolute Gasteiger partial charge is 0.374 e. The van der Waals surface area contributed by atoms with E-state index in [0.717, 1.165) is 0 Å². The molecule has 0 aromatic heterocycles. The van der Waals surface area contributed by atoms with Crippen LogP contribution in [-0.2, 0) is 22.1 Å². The Morgan fingerprint density at radius 2 is 1.21 bits per heavy atom. The normalized spacial score (nSPS) is 13.9. The standard InChI is InChI=1S/C23H31O2P.CH3.Ni/c1-21(2,3)26(22(4,5)6)17-23(25,19-15-11-8-12-16-19)20(24)18-13-9-7-10-14-18;;/h7-16,25H,17H2,1-6H3;1H3;/q;-1;/p+1. The Balaban J connectivity index is 0.00000364. The minimum absolute atomic E-state index is 0. The average Bonchev–Trinajstić information content (AvgIpc) is 2.58. The van der Waals surface area contributed by atoms with Crippen LogP contribution in [0.2, 0.25) is 0 Å². The molecule has 28 heavy (non-hydrogen) atoms. The SMILES string of the molecule is CC(C)(C)[PH+](CC(O)(C(=O)c1ccccc1)c1ccccc1)C(C)(C)C.[CH3-].[Ni]. The van der Waals surface area contributed by atoms with Crippen molar-refractivity contribution in [1.82, 2.24) is 0 Å². The van der Waals surface area contributed by atoms with Crippen LogP contribution >= 0.6 is 7.92 Å². The van der Waals surface area contributed by atoms with Gasteiger partial charge in [0.2, 0.25) is 5.78 Å². The molecule has 2 rings (SSSR count). The fraction of sp³-hybridized carbons (Fsp3) is 0.417. The Hall–Kier alpha value is -1.01. The molecule has 0 spiro atoms. The maximum atomic E-state index is 13.4. The van der Waals surface area contributed by atoms with Gasteiger partial charge in [0.1, 0.15) is 0 Å². The number of ketones is 1. The van der Waals surface area contributed by atoms with Crippen molar-refractivity contribution in [3.8, 4) is 0 Å². The summed E-state index contributed by atoms with van der Waals surface area (Å²) >= 11 is 0. The van der Waals surface area contributed by atoms with Crippen LogP contribution in [-0.4, -0.2) is 27.4 Å². The number of aliphatic hydroxyl groups is 1. The first-order valence-electron chi connectivity index (χ1n) is 9.21. The summed E-state index contributed by atoms with van der Waals surface area (Å²) in [5.74, 6) is -0.208. The van der Waals surface area contributed by atoms with Crippen LogP contribution in [0.3, 0.4) is 0 Å². The zero-order valence-corrected chi connectivity index (χ0v) is 20.1. The van der Waals surface area contributed by atoms with Gasteiger partial charge in [0.15, 0.2) is 5.60 Å². The topological polar surface area (TPSA) is 37.3 Å². The maximum Gasteiger partial charge on any atom is 0.202 e. The fourth-order valence-electron chi connectivity index (χ4n) is 3.77. The van der Waals surface area contributed by atoms with E-state index in [1.54, 1.807) is 12.1 Å². The minimum Gasteiger partial charge on any atom is -0.374 e. The molecule has 1 atom stereocenters. The molecule has 1 N–H and O–H groups in total. The van der Waals surface area contributed by atoms with Gasteiger partial charge < -0.3 is 12.5 Å². The molecule has 2 aromatic carbocycles. The fourth-order valence-corrected chi connectivity index (χ4v) is 7.95. The Bertz CT molecular complexity index is 719. The smallest absolute Gasteiger partial charge is 0.202 e. The third-order valence-electron chi connectivity index (χ3n) is 4.91. The van der Waals surface area contributed by atoms with Crippen LogP contribution in [0, 0.1) is 7.43 Å². The van der Waals surface area contributed by atoms with Crippen molar-refractivity contribution in [1.29, 1.82) is 0 Å². The van der Waals surface area contributed by atoms with E-state index in [0.29, 0.717) is 17.3 Å². The van der Waals surface area contributed by atoms with E-state index in [1.165, 1.54) is 0 Å². The Labute approximate surface area is 182 Å². The van der Waals surface area contributed by atoms with Crippen molar-refractivity contribution in [2.45, 2.75) is 57.5 Å². The van der Waals surface area contributed by atoms with Gasteiger partial charge in [0.05, 0.1) is 16.5 Å². The molecule has 0 fully saturated rings. The Morgan fingerprint density at radius 1 is 0.821 bits per heavy atom. The Kier molecular flexibility index (Phi) is 9.79. The first-order valence-corrected chi connectivity index (χ1v) is 10.9. The first-order chi connectivity index (χ1) is 12.0. The molecule has 0 saturated carbocycles. The van der Waals surface area contributed by atoms with Crippen molar-refractivity contribution in [3.05, 3.63) is 79.2 Å². The molecule has 4 heteroatoms. The van der Waals surface area contributed by atoms with Gasteiger partial charge in [-0.05, 0) is 47.1 Å². The van der Waals surface area contributed by atoms with Crippen LogP contribution in [0.25, 0.3) is 0 Å². The van der Waals surface area contributed by atoms with Crippen molar-refractivity contribution < 1.29 is 26.4 Å². The molecule has 158 valence electrons. The van der Waals surface area contributed by atoms with Crippen molar-refractivity contribution in [3.63, 3.8) is 0 Å². The summed E-state index contributed by atoms with van der Waals surface area (Å²) in [5.41, 5.74) is -0.259. The van der Waals surface area contributed by atoms with Crippen molar-refractivity contribution >= 4 is 13.7 Å². The van der Waals surface area contributed by atoms with Crippen LogP contribution in [0.15, 0.2) is 60.7 Å². The molecule has 1 unspecified atom stereocenters. The van der Waals surface area contributed by atoms with E-state index < -0.39 is 13.5 Å². The van der Waals surface area contributed by atoms with E-state index in [4.69, 9.17) is 0 Å². The molecule has 0 aliphatic rings. The summed E-state index contributed by atoms with van der Waals surface area (Å²) in [7, 11) is -1.10. The van der Waals surface area contributed by atoms with E-state index in [-0.39, 0.29) is 40.0 Å². The van der Waals surface area contributed by atoms with E-state index in [9.17, 15) is 9.90 Å². The third-order valence-corrected chi connectivity index (χ3v) is 9.39. The predicted octanol–water partition coefficient (Wildman–Crippen LogP) is 6.02. The molecule has 0 aliphatic heterocycles. The predicted molar refractivity (Wildman–Crippen MR) is 120 cm³/mol. The van der Waals surface area contributed by atoms with Gasteiger partial charge in [-0.3, -0.25) is 4.79 Å². The summed E-state index contributed by atoms with van der Waals surface area (Å²) in [4.78, 5) is 13.4. The Morgan fingerprint density at radius 3 is 1.61 bits per heavy atom. The number of benzene rings is 2. The van der Waals surface area contributed by atoms with Gasteiger partial charge in [-0.25, -0.2) is 0 Å². The van der Waals surface area contributed by atoms with E-state index in [2.05, 4.69) is 41.5 Å². The monoisotopic (exact) mass is 444 g/mol. The second-order valence-corrected chi connectivity index (χ2v) is 13.4. The first kappa shape index (κ1) is 27.0. The summed E-state index contributed by atoms with van der Waals surface area (Å²) < 4.78 is 0. The third kappa shape index (κ3) is 6.25. The molecular formula is C24H35NiO2P. The van der Waals surface area contributed by atoms with Crippen molar-refractivity contribution in [2.75, 3.05) is 6.16 Å². The van der Waals surface area contributed by atoms with Crippen LogP contribution in [0.5, 0.6) is 0 Å².